The molecule has 1 aliphatic rings. The molecule has 0 unspecified atom stereocenters. The summed E-state index contributed by atoms with van der Waals surface area (Å²) in [5.74, 6) is -0.883. The Morgan fingerprint density at radius 1 is 1.04 bits per heavy atom. The van der Waals surface area contributed by atoms with Crippen LogP contribution in [-0.4, -0.2) is 39.4 Å². The molecule has 0 spiro atoms. The van der Waals surface area contributed by atoms with Crippen molar-refractivity contribution in [1.29, 1.82) is 0 Å². The van der Waals surface area contributed by atoms with Crippen LogP contribution in [0.5, 0.6) is 0 Å². The van der Waals surface area contributed by atoms with E-state index in [1.165, 1.54) is 16.2 Å². The van der Waals surface area contributed by atoms with Gasteiger partial charge >= 0.3 is 0 Å². The van der Waals surface area contributed by atoms with Crippen LogP contribution in [0.4, 0.5) is 5.13 Å². The minimum Gasteiger partial charge on any atom is -0.296 e. The first-order valence-corrected chi connectivity index (χ1v) is 9.98. The van der Waals surface area contributed by atoms with E-state index >= 15 is 0 Å². The van der Waals surface area contributed by atoms with E-state index in [1.54, 1.807) is 42.5 Å². The third kappa shape index (κ3) is 3.58. The van der Waals surface area contributed by atoms with Gasteiger partial charge in [-0.05, 0) is 30.3 Å². The maximum absolute atomic E-state index is 12.4. The minimum atomic E-state index is -0.298. The average Bonchev–Trinajstić information content (AvgIpc) is 3.23. The van der Waals surface area contributed by atoms with E-state index < -0.39 is 0 Å². The highest BCUT2D eigenvalue weighted by atomic mass is 79.9. The lowest BCUT2D eigenvalue weighted by Crippen LogP contribution is -2.31. The molecule has 0 atom stereocenters. The first-order chi connectivity index (χ1) is 13.5. The molecule has 2 aromatic carbocycles. The lowest BCUT2D eigenvalue weighted by molar-refractivity contribution is 0.0655. The molecule has 1 aliphatic heterocycles. The Morgan fingerprint density at radius 2 is 1.75 bits per heavy atom. The molecular weight excluding hydrogens is 444 g/mol. The highest BCUT2D eigenvalue weighted by molar-refractivity contribution is 9.10. The Bertz CT molecular complexity index is 1060. The van der Waals surface area contributed by atoms with Crippen LogP contribution in [0.25, 0.3) is 0 Å². The Hall–Kier alpha value is -2.91. The predicted molar refractivity (Wildman–Crippen MR) is 108 cm³/mol. The molecule has 0 saturated heterocycles. The summed E-state index contributed by atoms with van der Waals surface area (Å²) in [5, 5.41) is 11.7. The van der Waals surface area contributed by atoms with Gasteiger partial charge in [0.15, 0.2) is 0 Å². The van der Waals surface area contributed by atoms with Gasteiger partial charge in [0.25, 0.3) is 17.7 Å². The van der Waals surface area contributed by atoms with Crippen molar-refractivity contribution in [2.75, 3.05) is 11.9 Å². The second-order valence-corrected chi connectivity index (χ2v) is 8.00. The van der Waals surface area contributed by atoms with Crippen molar-refractivity contribution >= 4 is 50.1 Å². The number of imide groups is 1. The molecule has 1 aromatic heterocycles. The molecule has 4 rings (SSSR count). The molecule has 1 N–H and O–H groups in total. The first kappa shape index (κ1) is 18.5. The van der Waals surface area contributed by atoms with E-state index in [0.717, 1.165) is 4.47 Å². The third-order valence-corrected chi connectivity index (χ3v) is 5.59. The highest BCUT2D eigenvalue weighted by Crippen LogP contribution is 2.24. The van der Waals surface area contributed by atoms with Crippen molar-refractivity contribution in [3.63, 3.8) is 0 Å². The van der Waals surface area contributed by atoms with E-state index in [0.29, 0.717) is 33.3 Å². The SMILES string of the molecule is O=C(Nc1nnc(CCN2C(=O)c3ccccc3C2=O)s1)c1cccc(Br)c1. The Morgan fingerprint density at radius 3 is 2.43 bits per heavy atom. The van der Waals surface area contributed by atoms with Crippen LogP contribution in [0.2, 0.25) is 0 Å². The Balaban J connectivity index is 1.39. The lowest BCUT2D eigenvalue weighted by Gasteiger charge is -2.12. The molecule has 140 valence electrons. The van der Waals surface area contributed by atoms with Gasteiger partial charge in [-0.15, -0.1) is 10.2 Å². The van der Waals surface area contributed by atoms with Gasteiger partial charge in [0.05, 0.1) is 11.1 Å². The lowest BCUT2D eigenvalue weighted by atomic mass is 10.1. The van der Waals surface area contributed by atoms with Crippen molar-refractivity contribution in [3.05, 3.63) is 74.7 Å². The molecule has 2 heterocycles. The number of aromatic nitrogens is 2. The monoisotopic (exact) mass is 456 g/mol. The quantitative estimate of drug-likeness (QED) is 0.593. The fourth-order valence-electron chi connectivity index (χ4n) is 2.85. The number of carbonyl (C=O) groups excluding carboxylic acids is 3. The largest absolute Gasteiger partial charge is 0.296 e. The summed E-state index contributed by atoms with van der Waals surface area (Å²) in [5.41, 5.74) is 1.34. The smallest absolute Gasteiger partial charge is 0.261 e. The number of anilines is 1. The van der Waals surface area contributed by atoms with Crippen LogP contribution in [0.15, 0.2) is 53.0 Å². The molecule has 0 bridgehead atoms. The number of benzene rings is 2. The van der Waals surface area contributed by atoms with E-state index in [1.807, 2.05) is 6.07 Å². The first-order valence-electron chi connectivity index (χ1n) is 8.37. The number of hydrogen-bond donors (Lipinski definition) is 1. The van der Waals surface area contributed by atoms with E-state index in [4.69, 9.17) is 0 Å². The number of rotatable bonds is 5. The summed E-state index contributed by atoms with van der Waals surface area (Å²) in [6.45, 7) is 0.209. The summed E-state index contributed by atoms with van der Waals surface area (Å²) < 4.78 is 0.805. The van der Waals surface area contributed by atoms with Crippen LogP contribution in [0, 0.1) is 0 Å². The molecule has 0 radical (unpaired) electrons. The second kappa shape index (κ2) is 7.61. The molecule has 9 heteroatoms. The molecule has 7 nitrogen and oxygen atoms in total. The van der Waals surface area contributed by atoms with Crippen LogP contribution in [-0.2, 0) is 6.42 Å². The molecular formula is C19H13BrN4O3S. The summed E-state index contributed by atoms with van der Waals surface area (Å²) in [4.78, 5) is 38.2. The second-order valence-electron chi connectivity index (χ2n) is 6.02. The number of nitrogens with one attached hydrogen (secondary N) is 1. The zero-order valence-corrected chi connectivity index (χ0v) is 16.8. The standard InChI is InChI=1S/C19H13BrN4O3S/c20-12-5-3-4-11(10-12)16(25)21-19-23-22-15(28-19)8-9-24-17(26)13-6-1-2-7-14(13)18(24)27/h1-7,10H,8-9H2,(H,21,23,25). The van der Waals surface area contributed by atoms with Crippen molar-refractivity contribution in [2.45, 2.75) is 6.42 Å². The third-order valence-electron chi connectivity index (χ3n) is 4.20. The summed E-state index contributed by atoms with van der Waals surface area (Å²) >= 11 is 4.54. The van der Waals surface area contributed by atoms with Gasteiger partial charge < -0.3 is 0 Å². The number of halogens is 1. The number of carbonyl (C=O) groups is 3. The fourth-order valence-corrected chi connectivity index (χ4v) is 3.98. The Kier molecular flexibility index (Phi) is 5.01. The van der Waals surface area contributed by atoms with Crippen molar-refractivity contribution < 1.29 is 14.4 Å². The van der Waals surface area contributed by atoms with Crippen LogP contribution >= 0.6 is 27.3 Å². The van der Waals surface area contributed by atoms with Gasteiger partial charge in [-0.1, -0.05) is 45.5 Å². The molecule has 3 amide bonds. The highest BCUT2D eigenvalue weighted by Gasteiger charge is 2.34. The maximum Gasteiger partial charge on any atom is 0.261 e. The van der Waals surface area contributed by atoms with Crippen molar-refractivity contribution in [1.82, 2.24) is 15.1 Å². The molecule has 0 fully saturated rings. The normalized spacial score (nSPS) is 13.0. The summed E-state index contributed by atoms with van der Waals surface area (Å²) in [7, 11) is 0. The molecule has 0 aliphatic carbocycles. The van der Waals surface area contributed by atoms with Gasteiger partial charge in [-0.3, -0.25) is 24.6 Å². The van der Waals surface area contributed by atoms with Crippen molar-refractivity contribution in [2.24, 2.45) is 0 Å². The average molecular weight is 457 g/mol. The summed E-state index contributed by atoms with van der Waals surface area (Å²) in [6, 6.07) is 13.8. The molecule has 28 heavy (non-hydrogen) atoms. The van der Waals surface area contributed by atoms with E-state index in [-0.39, 0.29) is 24.3 Å². The predicted octanol–water partition coefficient (Wildman–Crippen LogP) is 3.39. The van der Waals surface area contributed by atoms with Crippen LogP contribution in [0.3, 0.4) is 0 Å². The van der Waals surface area contributed by atoms with Gasteiger partial charge in [0, 0.05) is 23.0 Å². The molecule has 3 aromatic rings. The number of hydrogen-bond acceptors (Lipinski definition) is 6. The van der Waals surface area contributed by atoms with Gasteiger partial charge in [0.1, 0.15) is 5.01 Å². The Labute approximate surface area is 172 Å². The minimum absolute atomic E-state index is 0.209. The fraction of sp³-hybridized carbons (Fsp3) is 0.105. The maximum atomic E-state index is 12.4. The zero-order valence-electron chi connectivity index (χ0n) is 14.4. The number of nitrogens with zero attached hydrogens (tertiary/aromatic N) is 3. The van der Waals surface area contributed by atoms with Crippen molar-refractivity contribution in [3.8, 4) is 0 Å². The zero-order chi connectivity index (χ0) is 19.7. The van der Waals surface area contributed by atoms with Gasteiger partial charge in [0.2, 0.25) is 5.13 Å². The van der Waals surface area contributed by atoms with Gasteiger partial charge in [-0.25, -0.2) is 0 Å². The molecule has 0 saturated carbocycles. The van der Waals surface area contributed by atoms with Gasteiger partial charge in [-0.2, -0.15) is 0 Å². The summed E-state index contributed by atoms with van der Waals surface area (Å²) in [6.07, 6.45) is 0.371. The van der Waals surface area contributed by atoms with E-state index in [9.17, 15) is 14.4 Å². The van der Waals surface area contributed by atoms with Crippen LogP contribution < -0.4 is 5.32 Å². The number of fused-ring (bicyclic) bond motifs is 1. The van der Waals surface area contributed by atoms with Crippen LogP contribution in [0.1, 0.15) is 36.1 Å². The van der Waals surface area contributed by atoms with E-state index in [2.05, 4.69) is 31.4 Å². The topological polar surface area (TPSA) is 92.3 Å². The number of amides is 3.